The van der Waals surface area contributed by atoms with E-state index in [1.165, 1.54) is 6.07 Å². The van der Waals surface area contributed by atoms with E-state index in [1.807, 2.05) is 0 Å². The van der Waals surface area contributed by atoms with Crippen LogP contribution in [0.3, 0.4) is 0 Å². The molecular formula is C12H13BrN2O3S. The van der Waals surface area contributed by atoms with E-state index in [0.29, 0.717) is 5.56 Å². The summed E-state index contributed by atoms with van der Waals surface area (Å²) in [6.07, 6.45) is 4.98. The van der Waals surface area contributed by atoms with E-state index in [9.17, 15) is 13.2 Å². The molecule has 1 aromatic rings. The van der Waals surface area contributed by atoms with Crippen LogP contribution >= 0.6 is 15.9 Å². The highest BCUT2D eigenvalue weighted by Gasteiger charge is 2.17. The molecule has 1 rings (SSSR count). The van der Waals surface area contributed by atoms with Crippen LogP contribution in [-0.2, 0) is 14.8 Å². The van der Waals surface area contributed by atoms with Crippen LogP contribution < -0.4 is 10.0 Å². The van der Waals surface area contributed by atoms with Crippen molar-refractivity contribution < 1.29 is 13.2 Å². The summed E-state index contributed by atoms with van der Waals surface area (Å²) < 4.78 is 27.0. The molecule has 0 unspecified atom stereocenters. The number of benzene rings is 1. The third-order valence-electron chi connectivity index (χ3n) is 2.24. The van der Waals surface area contributed by atoms with Crippen molar-refractivity contribution in [3.05, 3.63) is 28.2 Å². The molecule has 0 heterocycles. The monoisotopic (exact) mass is 344 g/mol. The van der Waals surface area contributed by atoms with E-state index < -0.39 is 15.9 Å². The van der Waals surface area contributed by atoms with E-state index in [-0.39, 0.29) is 18.0 Å². The van der Waals surface area contributed by atoms with E-state index in [0.717, 1.165) is 4.47 Å². The molecule has 5 nitrogen and oxygen atoms in total. The minimum absolute atomic E-state index is 0.0673. The molecule has 0 aliphatic carbocycles. The number of terminal acetylenes is 1. The van der Waals surface area contributed by atoms with Gasteiger partial charge in [-0.3, -0.25) is 4.79 Å². The van der Waals surface area contributed by atoms with Crippen molar-refractivity contribution in [2.45, 2.75) is 11.8 Å². The number of hydrogen-bond acceptors (Lipinski definition) is 3. The van der Waals surface area contributed by atoms with Gasteiger partial charge < -0.3 is 5.32 Å². The van der Waals surface area contributed by atoms with Gasteiger partial charge >= 0.3 is 0 Å². The van der Waals surface area contributed by atoms with Gasteiger partial charge in [0.1, 0.15) is 0 Å². The van der Waals surface area contributed by atoms with Gasteiger partial charge in [-0.05, 0) is 30.7 Å². The highest BCUT2D eigenvalue weighted by Crippen LogP contribution is 2.19. The van der Waals surface area contributed by atoms with Gasteiger partial charge in [-0.15, -0.1) is 6.42 Å². The van der Waals surface area contributed by atoms with Gasteiger partial charge in [0.2, 0.25) is 15.9 Å². The predicted molar refractivity (Wildman–Crippen MR) is 75.9 cm³/mol. The summed E-state index contributed by atoms with van der Waals surface area (Å²) in [5, 5.41) is 2.37. The number of halogens is 1. The summed E-state index contributed by atoms with van der Waals surface area (Å²) in [7, 11) is -3.71. The van der Waals surface area contributed by atoms with Crippen molar-refractivity contribution in [2.75, 3.05) is 13.1 Å². The lowest BCUT2D eigenvalue weighted by atomic mass is 10.2. The van der Waals surface area contributed by atoms with Crippen LogP contribution in [0.25, 0.3) is 0 Å². The Kier molecular flexibility index (Phi) is 5.54. The topological polar surface area (TPSA) is 75.3 Å². The minimum atomic E-state index is -3.71. The Hall–Kier alpha value is -1.36. The zero-order chi connectivity index (χ0) is 14.5. The van der Waals surface area contributed by atoms with Crippen molar-refractivity contribution in [3.63, 3.8) is 0 Å². The van der Waals surface area contributed by atoms with Gasteiger partial charge in [0.25, 0.3) is 0 Å². The molecule has 1 aromatic carbocycles. The van der Waals surface area contributed by atoms with Gasteiger partial charge in [-0.1, -0.05) is 21.9 Å². The lowest BCUT2D eigenvalue weighted by Gasteiger charge is -2.09. The van der Waals surface area contributed by atoms with Crippen molar-refractivity contribution in [3.8, 4) is 12.3 Å². The molecule has 0 fully saturated rings. The molecule has 19 heavy (non-hydrogen) atoms. The van der Waals surface area contributed by atoms with Gasteiger partial charge in [0.05, 0.1) is 18.0 Å². The summed E-state index contributed by atoms with van der Waals surface area (Å²) in [4.78, 5) is 11.4. The molecule has 0 atom stereocenters. The van der Waals surface area contributed by atoms with Gasteiger partial charge in [0.15, 0.2) is 0 Å². The Morgan fingerprint density at radius 2 is 2.16 bits per heavy atom. The highest BCUT2D eigenvalue weighted by molar-refractivity contribution is 9.10. The van der Waals surface area contributed by atoms with Crippen LogP contribution in [0.15, 0.2) is 27.6 Å². The molecule has 0 bridgehead atoms. The summed E-state index contributed by atoms with van der Waals surface area (Å²) in [5.41, 5.74) is 0.589. The number of nitrogens with one attached hydrogen (secondary N) is 2. The fourth-order valence-corrected chi connectivity index (χ4v) is 3.05. The number of carbonyl (C=O) groups excluding carboxylic acids is 1. The first-order valence-electron chi connectivity index (χ1n) is 5.33. The lowest BCUT2D eigenvalue weighted by Crippen LogP contribution is -2.37. The minimum Gasteiger partial charge on any atom is -0.344 e. The second-order valence-corrected chi connectivity index (χ2v) is 6.37. The summed E-state index contributed by atoms with van der Waals surface area (Å²) in [6, 6.07) is 4.79. The molecule has 0 aliphatic heterocycles. The zero-order valence-corrected chi connectivity index (χ0v) is 12.6. The maximum atomic E-state index is 12.0. The second kappa shape index (κ2) is 6.70. The average molecular weight is 345 g/mol. The Balaban J connectivity index is 2.77. The molecule has 0 aliphatic rings. The molecule has 7 heteroatoms. The number of rotatable bonds is 5. The summed E-state index contributed by atoms with van der Waals surface area (Å²) >= 11 is 3.26. The molecule has 1 amide bonds. The predicted octanol–water partition coefficient (Wildman–Crippen LogP) is 0.785. The molecule has 2 N–H and O–H groups in total. The first kappa shape index (κ1) is 15.7. The van der Waals surface area contributed by atoms with Crippen molar-refractivity contribution in [1.29, 1.82) is 0 Å². The fraction of sp³-hybridized carbons (Fsp3) is 0.250. The molecule has 102 valence electrons. The van der Waals surface area contributed by atoms with Crippen LogP contribution in [-0.4, -0.2) is 27.4 Å². The van der Waals surface area contributed by atoms with E-state index in [4.69, 9.17) is 6.42 Å². The Morgan fingerprint density at radius 1 is 1.47 bits per heavy atom. The van der Waals surface area contributed by atoms with E-state index >= 15 is 0 Å². The number of amides is 1. The van der Waals surface area contributed by atoms with Gasteiger partial charge in [-0.2, -0.15) is 0 Å². The SMILES string of the molecule is C#CCNC(=O)CNS(=O)(=O)c1ccc(Br)cc1C. The molecular weight excluding hydrogens is 332 g/mol. The van der Waals surface area contributed by atoms with Crippen LogP contribution in [0.1, 0.15) is 5.56 Å². The number of carbonyl (C=O) groups is 1. The Labute approximate surface area is 121 Å². The van der Waals surface area contributed by atoms with Crippen LogP contribution in [0.5, 0.6) is 0 Å². The fourth-order valence-electron chi connectivity index (χ4n) is 1.36. The molecule has 0 saturated carbocycles. The second-order valence-electron chi connectivity index (χ2n) is 3.72. The average Bonchev–Trinajstić information content (AvgIpc) is 2.33. The third-order valence-corrected chi connectivity index (χ3v) is 4.29. The molecule has 0 spiro atoms. The Bertz CT molecular complexity index is 620. The molecule has 0 aromatic heterocycles. The first-order valence-corrected chi connectivity index (χ1v) is 7.60. The molecule has 0 saturated heterocycles. The van der Waals surface area contributed by atoms with Crippen LogP contribution in [0, 0.1) is 19.3 Å². The van der Waals surface area contributed by atoms with Crippen molar-refractivity contribution >= 4 is 31.9 Å². The standard InChI is InChI=1S/C12H13BrN2O3S/c1-3-6-14-12(16)8-15-19(17,18)11-5-4-10(13)7-9(11)2/h1,4-5,7,15H,6,8H2,2H3,(H,14,16). The van der Waals surface area contributed by atoms with E-state index in [1.54, 1.807) is 19.1 Å². The lowest BCUT2D eigenvalue weighted by molar-refractivity contribution is -0.119. The van der Waals surface area contributed by atoms with E-state index in [2.05, 4.69) is 31.9 Å². The first-order chi connectivity index (χ1) is 8.86. The summed E-state index contributed by atoms with van der Waals surface area (Å²) in [6.45, 7) is 1.40. The van der Waals surface area contributed by atoms with Crippen LogP contribution in [0.4, 0.5) is 0 Å². The summed E-state index contributed by atoms with van der Waals surface area (Å²) in [5.74, 6) is 1.75. The van der Waals surface area contributed by atoms with Crippen molar-refractivity contribution in [2.24, 2.45) is 0 Å². The number of sulfonamides is 1. The van der Waals surface area contributed by atoms with Gasteiger partial charge in [-0.25, -0.2) is 13.1 Å². The maximum absolute atomic E-state index is 12.0. The van der Waals surface area contributed by atoms with Crippen molar-refractivity contribution in [1.82, 2.24) is 10.0 Å². The third kappa shape index (κ3) is 4.67. The smallest absolute Gasteiger partial charge is 0.241 e. The van der Waals surface area contributed by atoms with Crippen LogP contribution in [0.2, 0.25) is 0 Å². The highest BCUT2D eigenvalue weighted by atomic mass is 79.9. The Morgan fingerprint density at radius 3 is 2.74 bits per heavy atom. The van der Waals surface area contributed by atoms with Gasteiger partial charge in [0, 0.05) is 4.47 Å². The zero-order valence-electron chi connectivity index (χ0n) is 10.2. The maximum Gasteiger partial charge on any atom is 0.241 e. The largest absolute Gasteiger partial charge is 0.344 e. The number of aryl methyl sites for hydroxylation is 1. The normalized spacial score (nSPS) is 10.8. The number of hydrogen-bond donors (Lipinski definition) is 2. The molecule has 0 radical (unpaired) electrons. The quantitative estimate of drug-likeness (QED) is 0.775.